The Morgan fingerprint density at radius 1 is 1.29 bits per heavy atom. The van der Waals surface area contributed by atoms with Crippen molar-refractivity contribution in [1.82, 2.24) is 10.6 Å². The Morgan fingerprint density at radius 2 is 1.82 bits per heavy atom. The van der Waals surface area contributed by atoms with Crippen LogP contribution in [-0.2, 0) is 4.79 Å². The Balaban J connectivity index is 2.78. The van der Waals surface area contributed by atoms with Gasteiger partial charge in [0.15, 0.2) is 0 Å². The first-order valence-electron chi connectivity index (χ1n) is 6.78. The van der Waals surface area contributed by atoms with Crippen molar-refractivity contribution >= 4 is 5.91 Å². The molecule has 1 heterocycles. The van der Waals surface area contributed by atoms with E-state index < -0.39 is 0 Å². The van der Waals surface area contributed by atoms with Gasteiger partial charge in [-0.05, 0) is 59.0 Å². The molecule has 0 bridgehead atoms. The first-order valence-corrected chi connectivity index (χ1v) is 6.78. The van der Waals surface area contributed by atoms with Crippen molar-refractivity contribution in [2.24, 2.45) is 11.3 Å². The zero-order valence-electron chi connectivity index (χ0n) is 12.0. The molecule has 0 aromatic heterocycles. The Bertz CT molecular complexity index is 260. The highest BCUT2D eigenvalue weighted by molar-refractivity contribution is 5.83. The van der Waals surface area contributed by atoms with E-state index in [4.69, 9.17) is 0 Å². The van der Waals surface area contributed by atoms with Gasteiger partial charge in [0.2, 0.25) is 5.91 Å². The third-order valence-corrected chi connectivity index (χ3v) is 3.33. The number of amides is 1. The van der Waals surface area contributed by atoms with Crippen molar-refractivity contribution in [3.8, 4) is 0 Å². The molecule has 17 heavy (non-hydrogen) atoms. The van der Waals surface area contributed by atoms with E-state index in [9.17, 15) is 4.79 Å². The maximum absolute atomic E-state index is 12.5. The minimum Gasteiger partial charge on any atom is -0.351 e. The lowest BCUT2D eigenvalue weighted by Gasteiger charge is -2.39. The van der Waals surface area contributed by atoms with Gasteiger partial charge in [-0.25, -0.2) is 0 Å². The van der Waals surface area contributed by atoms with E-state index in [2.05, 4.69) is 45.3 Å². The van der Waals surface area contributed by atoms with Crippen LogP contribution in [0.4, 0.5) is 0 Å². The molecule has 1 rings (SSSR count). The van der Waals surface area contributed by atoms with Crippen LogP contribution < -0.4 is 10.6 Å². The summed E-state index contributed by atoms with van der Waals surface area (Å²) in [4.78, 5) is 12.5. The molecule has 0 atom stereocenters. The van der Waals surface area contributed by atoms with Gasteiger partial charge in [-0.15, -0.1) is 0 Å². The molecule has 1 amide bonds. The van der Waals surface area contributed by atoms with Crippen LogP contribution in [0.15, 0.2) is 0 Å². The normalized spacial score (nSPS) is 20.4. The molecule has 2 N–H and O–H groups in total. The first kappa shape index (κ1) is 14.5. The van der Waals surface area contributed by atoms with E-state index in [1.165, 1.54) is 0 Å². The van der Waals surface area contributed by atoms with Gasteiger partial charge in [-0.3, -0.25) is 4.79 Å². The highest BCUT2D eigenvalue weighted by atomic mass is 16.2. The van der Waals surface area contributed by atoms with Gasteiger partial charge < -0.3 is 10.6 Å². The molecular formula is C14H28N2O. The molecule has 0 unspecified atom stereocenters. The fourth-order valence-corrected chi connectivity index (χ4v) is 2.68. The molecule has 1 saturated heterocycles. The average Bonchev–Trinajstić information content (AvgIpc) is 2.15. The number of hydrogen-bond donors (Lipinski definition) is 2. The molecule has 1 fully saturated rings. The quantitative estimate of drug-likeness (QED) is 0.795. The van der Waals surface area contributed by atoms with Crippen molar-refractivity contribution in [3.05, 3.63) is 0 Å². The van der Waals surface area contributed by atoms with E-state index in [-0.39, 0.29) is 16.9 Å². The van der Waals surface area contributed by atoms with E-state index in [0.717, 1.165) is 32.4 Å². The van der Waals surface area contributed by atoms with Crippen LogP contribution in [0.5, 0.6) is 0 Å². The Labute approximate surface area is 106 Å². The number of hydrogen-bond acceptors (Lipinski definition) is 2. The van der Waals surface area contributed by atoms with Gasteiger partial charge in [0.1, 0.15) is 0 Å². The lowest BCUT2D eigenvalue weighted by molar-refractivity contribution is -0.135. The summed E-state index contributed by atoms with van der Waals surface area (Å²) in [5.41, 5.74) is -0.279. The summed E-state index contributed by atoms with van der Waals surface area (Å²) >= 11 is 0. The fraction of sp³-hybridized carbons (Fsp3) is 0.929. The Hall–Kier alpha value is -0.570. The summed E-state index contributed by atoms with van der Waals surface area (Å²) < 4.78 is 0. The summed E-state index contributed by atoms with van der Waals surface area (Å²) in [7, 11) is 0. The van der Waals surface area contributed by atoms with Crippen molar-refractivity contribution in [2.45, 2.75) is 59.4 Å². The predicted molar refractivity (Wildman–Crippen MR) is 71.9 cm³/mol. The summed E-state index contributed by atoms with van der Waals surface area (Å²) in [6.45, 7) is 12.5. The van der Waals surface area contributed by atoms with Crippen LogP contribution >= 0.6 is 0 Å². The molecule has 0 aromatic rings. The summed E-state index contributed by atoms with van der Waals surface area (Å²) in [5, 5.41) is 6.52. The smallest absolute Gasteiger partial charge is 0.226 e. The highest BCUT2D eigenvalue weighted by Crippen LogP contribution is 2.36. The summed E-state index contributed by atoms with van der Waals surface area (Å²) in [5.74, 6) is 0.819. The van der Waals surface area contributed by atoms with Gasteiger partial charge in [0, 0.05) is 5.54 Å². The SMILES string of the molecule is CC(C)CC1(C(=O)NC(C)(C)C)CCNCC1. The van der Waals surface area contributed by atoms with Crippen LogP contribution in [0.2, 0.25) is 0 Å². The second-order valence-electron chi connectivity index (χ2n) is 6.83. The van der Waals surface area contributed by atoms with E-state index >= 15 is 0 Å². The maximum Gasteiger partial charge on any atom is 0.226 e. The molecule has 0 aromatic carbocycles. The third-order valence-electron chi connectivity index (χ3n) is 3.33. The third kappa shape index (κ3) is 4.30. The Kier molecular flexibility index (Phi) is 4.59. The number of nitrogens with one attached hydrogen (secondary N) is 2. The van der Waals surface area contributed by atoms with Crippen molar-refractivity contribution in [1.29, 1.82) is 0 Å². The fourth-order valence-electron chi connectivity index (χ4n) is 2.68. The minimum absolute atomic E-state index is 0.133. The number of carbonyl (C=O) groups is 1. The minimum atomic E-state index is -0.146. The molecule has 3 heteroatoms. The molecule has 0 radical (unpaired) electrons. The molecular weight excluding hydrogens is 212 g/mol. The topological polar surface area (TPSA) is 41.1 Å². The molecule has 1 aliphatic rings. The number of carbonyl (C=O) groups excluding carboxylic acids is 1. The lowest BCUT2D eigenvalue weighted by atomic mass is 9.72. The van der Waals surface area contributed by atoms with Crippen molar-refractivity contribution < 1.29 is 4.79 Å². The summed E-state index contributed by atoms with van der Waals surface area (Å²) in [6, 6.07) is 0. The predicted octanol–water partition coefficient (Wildman–Crippen LogP) is 2.32. The second-order valence-corrected chi connectivity index (χ2v) is 6.83. The maximum atomic E-state index is 12.5. The van der Waals surface area contributed by atoms with Crippen molar-refractivity contribution in [3.63, 3.8) is 0 Å². The first-order chi connectivity index (χ1) is 7.75. The molecule has 3 nitrogen and oxygen atoms in total. The second kappa shape index (κ2) is 5.38. The largest absolute Gasteiger partial charge is 0.351 e. The van der Waals surface area contributed by atoms with Gasteiger partial charge in [0.25, 0.3) is 0 Å². The monoisotopic (exact) mass is 240 g/mol. The van der Waals surface area contributed by atoms with E-state index in [1.807, 2.05) is 0 Å². The van der Waals surface area contributed by atoms with Gasteiger partial charge in [-0.1, -0.05) is 13.8 Å². The Morgan fingerprint density at radius 3 is 2.24 bits per heavy atom. The van der Waals surface area contributed by atoms with Crippen molar-refractivity contribution in [2.75, 3.05) is 13.1 Å². The average molecular weight is 240 g/mol. The molecule has 100 valence electrons. The van der Waals surface area contributed by atoms with E-state index in [0.29, 0.717) is 5.92 Å². The van der Waals surface area contributed by atoms with E-state index in [1.54, 1.807) is 0 Å². The highest BCUT2D eigenvalue weighted by Gasteiger charge is 2.40. The summed E-state index contributed by atoms with van der Waals surface area (Å²) in [6.07, 6.45) is 2.93. The zero-order chi connectivity index (χ0) is 13.1. The molecule has 1 aliphatic heterocycles. The molecule has 0 aliphatic carbocycles. The van der Waals surface area contributed by atoms with Crippen LogP contribution in [0, 0.1) is 11.3 Å². The number of rotatable bonds is 3. The van der Waals surface area contributed by atoms with Crippen LogP contribution in [0.3, 0.4) is 0 Å². The lowest BCUT2D eigenvalue weighted by Crippen LogP contribution is -2.53. The van der Waals surface area contributed by atoms with Gasteiger partial charge in [-0.2, -0.15) is 0 Å². The zero-order valence-corrected chi connectivity index (χ0v) is 12.0. The van der Waals surface area contributed by atoms with Gasteiger partial charge >= 0.3 is 0 Å². The molecule has 0 spiro atoms. The van der Waals surface area contributed by atoms with Crippen LogP contribution in [0.25, 0.3) is 0 Å². The van der Waals surface area contributed by atoms with Crippen LogP contribution in [0.1, 0.15) is 53.9 Å². The number of piperidine rings is 1. The van der Waals surface area contributed by atoms with Gasteiger partial charge in [0.05, 0.1) is 5.41 Å². The molecule has 0 saturated carbocycles. The van der Waals surface area contributed by atoms with Crippen LogP contribution in [-0.4, -0.2) is 24.5 Å². The standard InChI is InChI=1S/C14H28N2O/c1-11(2)10-14(6-8-15-9-7-14)12(17)16-13(3,4)5/h11,15H,6-10H2,1-5H3,(H,16,17).